The number of amides is 1. The Bertz CT molecular complexity index is 1250. The zero-order valence-electron chi connectivity index (χ0n) is 17.8. The summed E-state index contributed by atoms with van der Waals surface area (Å²) in [6.07, 6.45) is 1.46. The van der Waals surface area contributed by atoms with Crippen LogP contribution in [0.15, 0.2) is 60.2 Å². The molecule has 0 aliphatic heterocycles. The summed E-state index contributed by atoms with van der Waals surface area (Å²) in [6.45, 7) is 2.03. The molecule has 8 heteroatoms. The van der Waals surface area contributed by atoms with E-state index in [1.165, 1.54) is 13.2 Å². The van der Waals surface area contributed by atoms with Gasteiger partial charge in [0, 0.05) is 15.6 Å². The molecule has 5 nitrogen and oxygen atoms in total. The van der Waals surface area contributed by atoms with Crippen molar-refractivity contribution >= 4 is 52.5 Å². The Hall–Kier alpha value is -3.17. The van der Waals surface area contributed by atoms with E-state index in [9.17, 15) is 10.1 Å². The van der Waals surface area contributed by atoms with Gasteiger partial charge < -0.3 is 14.8 Å². The predicted octanol–water partition coefficient (Wildman–Crippen LogP) is 7.09. The summed E-state index contributed by atoms with van der Waals surface area (Å²) in [6, 6.07) is 17.4. The van der Waals surface area contributed by atoms with Crippen molar-refractivity contribution in [1.82, 2.24) is 0 Å². The van der Waals surface area contributed by atoms with Gasteiger partial charge in [-0.1, -0.05) is 59.1 Å². The number of carbonyl (C=O) groups is 1. The second-order valence-electron chi connectivity index (χ2n) is 6.99. The van der Waals surface area contributed by atoms with Crippen LogP contribution in [0.25, 0.3) is 6.08 Å². The molecule has 3 aromatic carbocycles. The third-order valence-electron chi connectivity index (χ3n) is 4.72. The molecule has 0 unspecified atom stereocenters. The Balaban J connectivity index is 1.79. The lowest BCUT2D eigenvalue weighted by atomic mass is 10.1. The van der Waals surface area contributed by atoms with Crippen LogP contribution in [-0.2, 0) is 11.4 Å². The number of nitrogens with one attached hydrogen (secondary N) is 1. The smallest absolute Gasteiger partial charge is 0.266 e. The largest absolute Gasteiger partial charge is 0.493 e. The molecule has 33 heavy (non-hydrogen) atoms. The Labute approximate surface area is 207 Å². The van der Waals surface area contributed by atoms with Gasteiger partial charge >= 0.3 is 0 Å². The molecule has 0 heterocycles. The molecule has 0 fully saturated rings. The Morgan fingerprint density at radius 3 is 2.52 bits per heavy atom. The molecule has 0 aliphatic rings. The maximum Gasteiger partial charge on any atom is 0.266 e. The van der Waals surface area contributed by atoms with Crippen LogP contribution in [0.3, 0.4) is 0 Å². The normalized spacial score (nSPS) is 11.0. The molecule has 168 valence electrons. The summed E-state index contributed by atoms with van der Waals surface area (Å²) in [5.41, 5.74) is 2.53. The van der Waals surface area contributed by atoms with Crippen molar-refractivity contribution in [1.29, 1.82) is 5.26 Å². The van der Waals surface area contributed by atoms with E-state index in [0.29, 0.717) is 37.8 Å². The zero-order valence-corrected chi connectivity index (χ0v) is 20.1. The molecule has 0 saturated heterocycles. The highest BCUT2D eigenvalue weighted by atomic mass is 35.5. The summed E-state index contributed by atoms with van der Waals surface area (Å²) >= 11 is 18.3. The highest BCUT2D eigenvalue weighted by Gasteiger charge is 2.14. The van der Waals surface area contributed by atoms with Crippen LogP contribution in [0.2, 0.25) is 15.1 Å². The van der Waals surface area contributed by atoms with Gasteiger partial charge in [-0.15, -0.1) is 0 Å². The fourth-order valence-electron chi connectivity index (χ4n) is 2.97. The first-order valence-electron chi connectivity index (χ1n) is 9.75. The third-order valence-corrected chi connectivity index (χ3v) is 5.62. The lowest BCUT2D eigenvalue weighted by Crippen LogP contribution is -2.14. The molecular formula is C25H19Cl3N2O3. The Morgan fingerprint density at radius 2 is 1.85 bits per heavy atom. The van der Waals surface area contributed by atoms with Gasteiger partial charge in [0.2, 0.25) is 0 Å². The number of halogens is 3. The molecule has 0 aromatic heterocycles. The molecule has 0 saturated carbocycles. The first kappa shape index (κ1) is 24.5. The van der Waals surface area contributed by atoms with Crippen molar-refractivity contribution < 1.29 is 14.3 Å². The van der Waals surface area contributed by atoms with Crippen molar-refractivity contribution in [2.45, 2.75) is 13.5 Å². The molecule has 1 N–H and O–H groups in total. The van der Waals surface area contributed by atoms with Crippen LogP contribution >= 0.6 is 34.8 Å². The number of rotatable bonds is 7. The maximum absolute atomic E-state index is 12.7. The topological polar surface area (TPSA) is 71.3 Å². The minimum absolute atomic E-state index is 0.0852. The molecule has 0 atom stereocenters. The number of carbonyl (C=O) groups excluding carboxylic acids is 1. The summed E-state index contributed by atoms with van der Waals surface area (Å²) in [5.74, 6) is 0.356. The van der Waals surface area contributed by atoms with E-state index in [-0.39, 0.29) is 12.2 Å². The maximum atomic E-state index is 12.7. The average Bonchev–Trinajstić information content (AvgIpc) is 2.79. The van der Waals surface area contributed by atoms with Crippen LogP contribution in [0.4, 0.5) is 5.69 Å². The summed E-state index contributed by atoms with van der Waals surface area (Å²) in [5, 5.41) is 13.7. The van der Waals surface area contributed by atoms with Crippen LogP contribution in [0.5, 0.6) is 11.5 Å². The van der Waals surface area contributed by atoms with Gasteiger partial charge in [-0.2, -0.15) is 5.26 Å². The third kappa shape index (κ3) is 6.21. The van der Waals surface area contributed by atoms with Gasteiger partial charge in [-0.3, -0.25) is 4.79 Å². The second-order valence-corrected chi connectivity index (χ2v) is 8.24. The van der Waals surface area contributed by atoms with Crippen molar-refractivity contribution in [3.8, 4) is 17.6 Å². The van der Waals surface area contributed by atoms with Crippen molar-refractivity contribution in [3.05, 3.63) is 91.9 Å². The van der Waals surface area contributed by atoms with E-state index in [1.54, 1.807) is 48.5 Å². The number of benzene rings is 3. The second kappa shape index (κ2) is 11.1. The summed E-state index contributed by atoms with van der Waals surface area (Å²) in [4.78, 5) is 12.7. The molecule has 0 spiro atoms. The number of methoxy groups -OCH3 is 1. The lowest BCUT2D eigenvalue weighted by molar-refractivity contribution is -0.112. The van der Waals surface area contributed by atoms with E-state index >= 15 is 0 Å². The van der Waals surface area contributed by atoms with E-state index < -0.39 is 5.91 Å². The Morgan fingerprint density at radius 1 is 1.06 bits per heavy atom. The number of ether oxygens (including phenoxy) is 2. The van der Waals surface area contributed by atoms with Crippen molar-refractivity contribution in [2.24, 2.45) is 0 Å². The number of para-hydroxylation sites is 1. The van der Waals surface area contributed by atoms with E-state index in [4.69, 9.17) is 44.3 Å². The van der Waals surface area contributed by atoms with Gasteiger partial charge in [0.1, 0.15) is 18.2 Å². The number of nitriles is 1. The van der Waals surface area contributed by atoms with Crippen LogP contribution in [0, 0.1) is 18.3 Å². The minimum atomic E-state index is -0.564. The molecular weight excluding hydrogens is 483 g/mol. The fourth-order valence-corrected chi connectivity index (χ4v) is 3.71. The molecule has 0 radical (unpaired) electrons. The number of anilines is 1. The molecule has 1 amide bonds. The van der Waals surface area contributed by atoms with E-state index in [2.05, 4.69) is 5.32 Å². The van der Waals surface area contributed by atoms with Gasteiger partial charge in [0.05, 0.1) is 17.8 Å². The van der Waals surface area contributed by atoms with Crippen LogP contribution in [-0.4, -0.2) is 13.0 Å². The van der Waals surface area contributed by atoms with Crippen LogP contribution < -0.4 is 14.8 Å². The van der Waals surface area contributed by atoms with E-state index in [0.717, 1.165) is 11.1 Å². The first-order valence-corrected chi connectivity index (χ1v) is 10.9. The monoisotopic (exact) mass is 500 g/mol. The van der Waals surface area contributed by atoms with Gasteiger partial charge in [0.15, 0.2) is 11.5 Å². The number of hydrogen-bond donors (Lipinski definition) is 1. The fraction of sp³-hybridized carbons (Fsp3) is 0.120. The molecule has 0 aliphatic carbocycles. The number of nitrogens with zero attached hydrogens (tertiary/aromatic N) is 1. The number of aryl methyl sites for hydroxylation is 1. The predicted molar refractivity (Wildman–Crippen MR) is 132 cm³/mol. The minimum Gasteiger partial charge on any atom is -0.493 e. The molecule has 3 rings (SSSR count). The molecule has 3 aromatic rings. The van der Waals surface area contributed by atoms with Gasteiger partial charge in [-0.25, -0.2) is 0 Å². The average molecular weight is 502 g/mol. The first-order chi connectivity index (χ1) is 15.8. The zero-order chi connectivity index (χ0) is 24.0. The SMILES string of the molecule is COc1cc(/C=C(\C#N)C(=O)Nc2c(C)cccc2Cl)ccc1OCc1ccc(Cl)cc1Cl. The molecule has 0 bridgehead atoms. The van der Waals surface area contributed by atoms with Crippen LogP contribution in [0.1, 0.15) is 16.7 Å². The highest BCUT2D eigenvalue weighted by Crippen LogP contribution is 2.31. The Kier molecular flexibility index (Phi) is 8.24. The van der Waals surface area contributed by atoms with E-state index in [1.807, 2.05) is 19.1 Å². The summed E-state index contributed by atoms with van der Waals surface area (Å²) in [7, 11) is 1.50. The van der Waals surface area contributed by atoms with Crippen molar-refractivity contribution in [3.63, 3.8) is 0 Å². The van der Waals surface area contributed by atoms with Gasteiger partial charge in [-0.05, 0) is 54.5 Å². The quantitative estimate of drug-likeness (QED) is 0.277. The van der Waals surface area contributed by atoms with Crippen molar-refractivity contribution in [2.75, 3.05) is 12.4 Å². The summed E-state index contributed by atoms with van der Waals surface area (Å²) < 4.78 is 11.3. The lowest BCUT2D eigenvalue weighted by Gasteiger charge is -2.13. The van der Waals surface area contributed by atoms with Gasteiger partial charge in [0.25, 0.3) is 5.91 Å². The standard InChI is InChI=1S/C25H19Cl3N2O3/c1-15-4-3-5-20(27)24(15)30-25(31)18(13-29)10-16-6-9-22(23(11-16)32-2)33-14-17-7-8-19(26)12-21(17)28/h3-12H,14H2,1-2H3,(H,30,31)/b18-10+. The number of hydrogen-bond acceptors (Lipinski definition) is 4. The highest BCUT2D eigenvalue weighted by molar-refractivity contribution is 6.35.